The number of hydrogen-bond acceptors (Lipinski definition) is 3. The molecule has 0 amide bonds. The fourth-order valence-corrected chi connectivity index (χ4v) is 1.65. The molecule has 0 atom stereocenters. The fraction of sp³-hybridized carbons (Fsp3) is 0.125. The van der Waals surface area contributed by atoms with Gasteiger partial charge in [-0.25, -0.2) is 0 Å². The van der Waals surface area contributed by atoms with E-state index in [1.807, 2.05) is 0 Å². The molecule has 0 aliphatic heterocycles. The van der Waals surface area contributed by atoms with Gasteiger partial charge in [0, 0.05) is 0 Å². The first-order valence-electron chi connectivity index (χ1n) is 3.82. The van der Waals surface area contributed by atoms with E-state index in [0.717, 1.165) is 0 Å². The van der Waals surface area contributed by atoms with Gasteiger partial charge in [-0.1, -0.05) is 0 Å². The van der Waals surface area contributed by atoms with Gasteiger partial charge in [0.25, 0.3) is 0 Å². The van der Waals surface area contributed by atoms with E-state index >= 15 is 0 Å². The van der Waals surface area contributed by atoms with E-state index in [-0.39, 0.29) is 5.56 Å². The summed E-state index contributed by atoms with van der Waals surface area (Å²) in [7, 11) is 0. The first-order chi connectivity index (χ1) is 6.61. The molecule has 0 bridgehead atoms. The van der Waals surface area contributed by atoms with Gasteiger partial charge in [0.2, 0.25) is 0 Å². The van der Waals surface area contributed by atoms with Crippen molar-refractivity contribution in [3.05, 3.63) is 23.3 Å². The normalized spacial score (nSPS) is 10.8. The number of hydrogen-bond donors (Lipinski definition) is 1. The topological polar surface area (TPSA) is 68.0 Å². The molecule has 0 aliphatic rings. The molecule has 1 heterocycles. The van der Waals surface area contributed by atoms with Crippen molar-refractivity contribution in [2.24, 2.45) is 0 Å². The zero-order valence-corrected chi connectivity index (χ0v) is 8.64. The molecule has 5 nitrogen and oxygen atoms in total. The molecule has 0 saturated carbocycles. The van der Waals surface area contributed by atoms with Crippen LogP contribution < -0.4 is 0 Å². The summed E-state index contributed by atoms with van der Waals surface area (Å²) in [4.78, 5) is 11.0. The van der Waals surface area contributed by atoms with Crippen LogP contribution in [0, 0.1) is 6.92 Å². The van der Waals surface area contributed by atoms with Gasteiger partial charge in [0.1, 0.15) is 0 Å². The van der Waals surface area contributed by atoms with Crippen LogP contribution in [-0.2, 0) is 21.3 Å². The van der Waals surface area contributed by atoms with E-state index in [0.29, 0.717) is 16.6 Å². The maximum absolute atomic E-state index is 11.0. The number of benzene rings is 1. The molecule has 0 fully saturated rings. The van der Waals surface area contributed by atoms with Crippen LogP contribution in [0.25, 0.3) is 11.0 Å². The summed E-state index contributed by atoms with van der Waals surface area (Å²) >= 11 is 3.14. The molecule has 0 saturated heterocycles. The van der Waals surface area contributed by atoms with Crippen molar-refractivity contribution < 1.29 is 31.2 Å². The Morgan fingerprint density at radius 3 is 2.93 bits per heavy atom. The van der Waals surface area contributed by atoms with E-state index in [1.165, 1.54) is 3.09 Å². The third-order valence-electron chi connectivity index (χ3n) is 1.98. The Kier molecular flexibility index (Phi) is 2.14. The quantitative estimate of drug-likeness (QED) is 0.784. The van der Waals surface area contributed by atoms with Crippen molar-refractivity contribution in [2.45, 2.75) is 6.92 Å². The van der Waals surface area contributed by atoms with Crippen LogP contribution in [0.15, 0.2) is 12.1 Å². The number of fused-ring (bicyclic) bond motifs is 1. The average Bonchev–Trinajstić information content (AvgIpc) is 2.47. The molecule has 0 unspecified atom stereocenters. The molecule has 1 N–H and O–H groups in total. The Balaban J connectivity index is 2.90. The summed E-state index contributed by atoms with van der Waals surface area (Å²) in [5.41, 5.74) is 1.92. The number of aromatic nitrogens is 3. The Labute approximate surface area is 92.0 Å². The van der Waals surface area contributed by atoms with Crippen LogP contribution in [0.1, 0.15) is 15.9 Å². The van der Waals surface area contributed by atoms with Gasteiger partial charge in [-0.05, 0) is 0 Å². The average molecular weight is 284 g/mol. The predicted molar refractivity (Wildman–Crippen MR) is 44.6 cm³/mol. The summed E-state index contributed by atoms with van der Waals surface area (Å²) in [6, 6.07) is 3.50. The SMILES string of the molecule is Cc1ccc2c(nn[n]2[Ag])c1C(=O)O. The summed E-state index contributed by atoms with van der Waals surface area (Å²) in [6.07, 6.45) is 0. The molecule has 1 aromatic carbocycles. The number of carboxylic acids is 1. The number of nitrogens with zero attached hydrogens (tertiary/aromatic N) is 3. The molecular formula is C8H6AgN3O2. The van der Waals surface area contributed by atoms with Gasteiger partial charge in [-0.2, -0.15) is 0 Å². The van der Waals surface area contributed by atoms with Crippen LogP contribution in [0.2, 0.25) is 0 Å². The molecule has 14 heavy (non-hydrogen) atoms. The van der Waals surface area contributed by atoms with E-state index in [2.05, 4.69) is 31.6 Å². The molecule has 2 rings (SSSR count). The van der Waals surface area contributed by atoms with Crippen molar-refractivity contribution in [3.63, 3.8) is 0 Å². The standard InChI is InChI=1S/C8H7N3O2.Ag/c1-4-2-3-5-7(10-11-9-5)6(4)8(12)13;/h2-3H,1H3,(H2,9,10,11,12,13);/q;+1/p-1. The Morgan fingerprint density at radius 2 is 2.29 bits per heavy atom. The Morgan fingerprint density at radius 1 is 1.57 bits per heavy atom. The second-order valence-corrected chi connectivity index (χ2v) is 3.48. The maximum atomic E-state index is 11.0. The summed E-state index contributed by atoms with van der Waals surface area (Å²) in [6.45, 7) is 1.73. The fourth-order valence-electron chi connectivity index (χ4n) is 1.32. The van der Waals surface area contributed by atoms with E-state index in [9.17, 15) is 4.79 Å². The zero-order valence-electron chi connectivity index (χ0n) is 7.15. The second-order valence-electron chi connectivity index (χ2n) is 2.85. The zero-order chi connectivity index (χ0) is 10.3. The van der Waals surface area contributed by atoms with E-state index in [4.69, 9.17) is 5.11 Å². The number of aryl methyl sites for hydroxylation is 1. The molecule has 1 aromatic heterocycles. The van der Waals surface area contributed by atoms with Crippen molar-refractivity contribution in [3.8, 4) is 0 Å². The van der Waals surface area contributed by atoms with Crippen LogP contribution in [0.4, 0.5) is 0 Å². The minimum absolute atomic E-state index is 0.202. The third kappa shape index (κ3) is 1.26. The van der Waals surface area contributed by atoms with Crippen molar-refractivity contribution in [1.82, 2.24) is 13.4 Å². The van der Waals surface area contributed by atoms with Crippen molar-refractivity contribution >= 4 is 17.0 Å². The number of carbonyl (C=O) groups is 1. The summed E-state index contributed by atoms with van der Waals surface area (Å²) < 4.78 is 1.37. The molecule has 0 spiro atoms. The Hall–Kier alpha value is -1.17. The first-order valence-corrected chi connectivity index (χ1v) is 4.48. The minimum atomic E-state index is -0.985. The van der Waals surface area contributed by atoms with Gasteiger partial charge >= 0.3 is 91.8 Å². The van der Waals surface area contributed by atoms with Gasteiger partial charge in [-0.3, -0.25) is 0 Å². The predicted octanol–water partition coefficient (Wildman–Crippen LogP) is 0.748. The molecule has 0 radical (unpaired) electrons. The van der Waals surface area contributed by atoms with Crippen molar-refractivity contribution in [1.29, 1.82) is 0 Å². The number of aromatic carboxylic acids is 1. The summed E-state index contributed by atoms with van der Waals surface area (Å²) in [5, 5.41) is 16.5. The molecule has 2 aromatic rings. The number of carboxylic acid groups (broad SMARTS) is 1. The molecule has 6 heteroatoms. The van der Waals surface area contributed by atoms with Gasteiger partial charge in [0.05, 0.1) is 0 Å². The van der Waals surface area contributed by atoms with Gasteiger partial charge in [0.15, 0.2) is 0 Å². The van der Waals surface area contributed by atoms with Crippen LogP contribution in [-0.4, -0.2) is 24.5 Å². The second kappa shape index (κ2) is 3.20. The van der Waals surface area contributed by atoms with Crippen LogP contribution in [0.5, 0.6) is 0 Å². The molecule has 76 valence electrons. The van der Waals surface area contributed by atoms with Crippen molar-refractivity contribution in [2.75, 3.05) is 0 Å². The van der Waals surface area contributed by atoms with Crippen LogP contribution in [0.3, 0.4) is 0 Å². The van der Waals surface area contributed by atoms with E-state index < -0.39 is 5.97 Å². The third-order valence-corrected chi connectivity index (χ3v) is 2.47. The van der Waals surface area contributed by atoms with Gasteiger partial charge in [-0.15, -0.1) is 0 Å². The first kappa shape index (κ1) is 9.39. The van der Waals surface area contributed by atoms with Crippen LogP contribution >= 0.6 is 0 Å². The summed E-state index contributed by atoms with van der Waals surface area (Å²) in [5.74, 6) is -0.985. The number of rotatable bonds is 1. The Bertz CT molecular complexity index is 521. The molecular weight excluding hydrogens is 278 g/mol. The van der Waals surface area contributed by atoms with Gasteiger partial charge < -0.3 is 0 Å². The monoisotopic (exact) mass is 283 g/mol. The molecule has 0 aliphatic carbocycles. The van der Waals surface area contributed by atoms with E-state index in [1.54, 1.807) is 19.1 Å².